The Hall–Kier alpha value is -2.31. The first-order chi connectivity index (χ1) is 9.62. The lowest BCUT2D eigenvalue weighted by atomic mass is 10.2. The molecule has 0 aliphatic rings. The fraction of sp³-hybridized carbons (Fsp3) is 0.462. The first-order valence-corrected chi connectivity index (χ1v) is 6.50. The minimum absolute atomic E-state index is 0.260. The number of hydrogen-bond acceptors (Lipinski definition) is 6. The number of aromatic nitrogens is 3. The average molecular weight is 278 g/mol. The van der Waals surface area contributed by atoms with Gasteiger partial charge in [-0.25, -0.2) is 14.5 Å². The van der Waals surface area contributed by atoms with Gasteiger partial charge in [0.2, 0.25) is 0 Å². The third-order valence-corrected chi connectivity index (χ3v) is 2.91. The fourth-order valence-corrected chi connectivity index (χ4v) is 2.02. The Kier molecular flexibility index (Phi) is 4.07. The van der Waals surface area contributed by atoms with E-state index in [1.807, 2.05) is 6.92 Å². The maximum Gasteiger partial charge on any atom is 0.513 e. The van der Waals surface area contributed by atoms with Crippen molar-refractivity contribution in [2.75, 3.05) is 19.0 Å². The second-order valence-electron chi connectivity index (χ2n) is 4.13. The van der Waals surface area contributed by atoms with Crippen LogP contribution in [-0.4, -0.2) is 34.6 Å². The Morgan fingerprint density at radius 3 is 2.80 bits per heavy atom. The van der Waals surface area contributed by atoms with Crippen molar-refractivity contribution in [3.63, 3.8) is 0 Å². The largest absolute Gasteiger partial charge is 0.513 e. The molecular weight excluding hydrogens is 260 g/mol. The molecule has 0 aliphatic carbocycles. The van der Waals surface area contributed by atoms with Gasteiger partial charge in [0, 0.05) is 13.6 Å². The molecular formula is C13H18N4O3. The lowest BCUT2D eigenvalue weighted by Gasteiger charge is -2.13. The molecule has 2 aromatic heterocycles. The van der Waals surface area contributed by atoms with Crippen LogP contribution in [0.4, 0.5) is 10.5 Å². The molecule has 108 valence electrons. The molecule has 0 saturated carbocycles. The molecule has 0 atom stereocenters. The highest BCUT2D eigenvalue weighted by molar-refractivity contribution is 5.93. The molecule has 2 aromatic rings. The van der Waals surface area contributed by atoms with Crippen molar-refractivity contribution in [3.05, 3.63) is 11.9 Å². The van der Waals surface area contributed by atoms with Gasteiger partial charge >= 0.3 is 6.16 Å². The second-order valence-corrected chi connectivity index (χ2v) is 4.13. The van der Waals surface area contributed by atoms with Crippen LogP contribution in [0.15, 0.2) is 6.20 Å². The molecule has 20 heavy (non-hydrogen) atoms. The molecule has 1 N–H and O–H groups in total. The van der Waals surface area contributed by atoms with Crippen LogP contribution < -0.4 is 10.1 Å². The van der Waals surface area contributed by atoms with Gasteiger partial charge in [-0.15, -0.1) is 0 Å². The molecule has 7 heteroatoms. The van der Waals surface area contributed by atoms with Gasteiger partial charge in [0.1, 0.15) is 0 Å². The van der Waals surface area contributed by atoms with Crippen molar-refractivity contribution in [2.45, 2.75) is 27.3 Å². The van der Waals surface area contributed by atoms with Crippen LogP contribution in [0.1, 0.15) is 19.5 Å². The van der Waals surface area contributed by atoms with Gasteiger partial charge < -0.3 is 14.8 Å². The third-order valence-electron chi connectivity index (χ3n) is 2.91. The van der Waals surface area contributed by atoms with Crippen molar-refractivity contribution in [1.82, 2.24) is 14.8 Å². The van der Waals surface area contributed by atoms with E-state index < -0.39 is 6.16 Å². The van der Waals surface area contributed by atoms with Gasteiger partial charge in [0.25, 0.3) is 0 Å². The second kappa shape index (κ2) is 5.77. The molecule has 0 spiro atoms. The summed E-state index contributed by atoms with van der Waals surface area (Å²) < 4.78 is 11.8. The maximum atomic E-state index is 11.5. The molecule has 0 bridgehead atoms. The zero-order valence-electron chi connectivity index (χ0n) is 12.1. The standard InChI is InChI=1S/C13H18N4O3/c1-5-17-12-9(7-15-17)10(14-4)11(8(3)16-12)20-13(18)19-6-2/h7H,5-6H2,1-4H3,(H,14,16). The lowest BCUT2D eigenvalue weighted by Crippen LogP contribution is -2.13. The summed E-state index contributed by atoms with van der Waals surface area (Å²) in [5.74, 6) is 0.370. The summed E-state index contributed by atoms with van der Waals surface area (Å²) in [6, 6.07) is 0. The molecule has 0 aliphatic heterocycles. The molecule has 0 aromatic carbocycles. The van der Waals surface area contributed by atoms with Gasteiger partial charge in [-0.05, 0) is 20.8 Å². The smallest absolute Gasteiger partial charge is 0.434 e. The third kappa shape index (κ3) is 2.38. The van der Waals surface area contributed by atoms with Crippen LogP contribution in [0.25, 0.3) is 11.0 Å². The first kappa shape index (κ1) is 14.1. The molecule has 2 rings (SSSR count). The monoisotopic (exact) mass is 278 g/mol. The van der Waals surface area contributed by atoms with Crippen LogP contribution in [0.5, 0.6) is 5.75 Å². The van der Waals surface area contributed by atoms with Crippen molar-refractivity contribution in [2.24, 2.45) is 0 Å². The number of nitrogens with one attached hydrogen (secondary N) is 1. The summed E-state index contributed by atoms with van der Waals surface area (Å²) >= 11 is 0. The van der Waals surface area contributed by atoms with Gasteiger partial charge in [-0.3, -0.25) is 0 Å². The summed E-state index contributed by atoms with van der Waals surface area (Å²) in [4.78, 5) is 16.0. The Morgan fingerprint density at radius 1 is 1.45 bits per heavy atom. The Balaban J connectivity index is 2.54. The molecule has 2 heterocycles. The van der Waals surface area contributed by atoms with Crippen LogP contribution in [0.2, 0.25) is 0 Å². The van der Waals surface area contributed by atoms with Crippen LogP contribution in [0, 0.1) is 6.92 Å². The number of carbonyl (C=O) groups excluding carboxylic acids is 1. The van der Waals surface area contributed by atoms with E-state index in [9.17, 15) is 4.79 Å². The van der Waals surface area contributed by atoms with Crippen LogP contribution in [0.3, 0.4) is 0 Å². The predicted octanol–water partition coefficient (Wildman–Crippen LogP) is 2.34. The van der Waals surface area contributed by atoms with E-state index >= 15 is 0 Å². The number of rotatable bonds is 4. The van der Waals surface area contributed by atoms with Crippen molar-refractivity contribution >= 4 is 22.9 Å². The summed E-state index contributed by atoms with van der Waals surface area (Å²) in [5.41, 5.74) is 2.04. The van der Waals surface area contributed by atoms with E-state index in [2.05, 4.69) is 15.4 Å². The Labute approximate surface area is 116 Å². The van der Waals surface area contributed by atoms with Gasteiger partial charge in [-0.1, -0.05) is 0 Å². The molecule has 0 saturated heterocycles. The number of fused-ring (bicyclic) bond motifs is 1. The summed E-state index contributed by atoms with van der Waals surface area (Å²) in [6.45, 7) is 6.47. The molecule has 0 amide bonds. The van der Waals surface area contributed by atoms with Gasteiger partial charge in [0.05, 0.1) is 29.6 Å². The van der Waals surface area contributed by atoms with E-state index in [1.54, 1.807) is 31.8 Å². The topological polar surface area (TPSA) is 78.3 Å². The quantitative estimate of drug-likeness (QED) is 0.865. The zero-order valence-corrected chi connectivity index (χ0v) is 12.1. The van der Waals surface area contributed by atoms with Gasteiger partial charge in [0.15, 0.2) is 11.4 Å². The number of ether oxygens (including phenoxy) is 2. The molecule has 0 radical (unpaired) electrons. The van der Waals surface area contributed by atoms with E-state index in [0.29, 0.717) is 17.1 Å². The minimum atomic E-state index is -0.740. The SMILES string of the molecule is CCOC(=O)Oc1c(C)nc2c(cnn2CC)c1NC. The normalized spacial score (nSPS) is 10.6. The van der Waals surface area contributed by atoms with Crippen molar-refractivity contribution < 1.29 is 14.3 Å². The average Bonchev–Trinajstić information content (AvgIpc) is 2.82. The highest BCUT2D eigenvalue weighted by Gasteiger charge is 2.19. The number of anilines is 1. The predicted molar refractivity (Wildman–Crippen MR) is 75.1 cm³/mol. The zero-order chi connectivity index (χ0) is 14.7. The van der Waals surface area contributed by atoms with E-state index in [4.69, 9.17) is 9.47 Å². The number of carbonyl (C=O) groups is 1. The Bertz CT molecular complexity index is 636. The van der Waals surface area contributed by atoms with Crippen LogP contribution in [-0.2, 0) is 11.3 Å². The van der Waals surface area contributed by atoms with Crippen molar-refractivity contribution in [1.29, 1.82) is 0 Å². The molecule has 0 fully saturated rings. The summed E-state index contributed by atoms with van der Waals surface area (Å²) in [7, 11) is 1.76. The molecule has 7 nitrogen and oxygen atoms in total. The van der Waals surface area contributed by atoms with Crippen molar-refractivity contribution in [3.8, 4) is 5.75 Å². The summed E-state index contributed by atoms with van der Waals surface area (Å²) in [5, 5.41) is 8.11. The molecule has 0 unspecified atom stereocenters. The first-order valence-electron chi connectivity index (χ1n) is 6.50. The van der Waals surface area contributed by atoms with E-state index in [1.165, 1.54) is 0 Å². The maximum absolute atomic E-state index is 11.5. The number of nitrogens with zero attached hydrogens (tertiary/aromatic N) is 3. The fourth-order valence-electron chi connectivity index (χ4n) is 2.02. The minimum Gasteiger partial charge on any atom is -0.434 e. The van der Waals surface area contributed by atoms with E-state index in [-0.39, 0.29) is 6.61 Å². The Morgan fingerprint density at radius 2 is 2.20 bits per heavy atom. The highest BCUT2D eigenvalue weighted by atomic mass is 16.7. The summed E-state index contributed by atoms with van der Waals surface area (Å²) in [6.07, 6.45) is 0.964. The van der Waals surface area contributed by atoms with Crippen LogP contribution >= 0.6 is 0 Å². The van der Waals surface area contributed by atoms with Gasteiger partial charge in [-0.2, -0.15) is 5.10 Å². The number of pyridine rings is 1. The lowest BCUT2D eigenvalue weighted by molar-refractivity contribution is 0.104. The number of hydrogen-bond donors (Lipinski definition) is 1. The highest BCUT2D eigenvalue weighted by Crippen LogP contribution is 2.34. The van der Waals surface area contributed by atoms with E-state index in [0.717, 1.165) is 17.6 Å². The number of aryl methyl sites for hydroxylation is 2.